The molecule has 1 rings (SSSR count). The van der Waals surface area contributed by atoms with E-state index in [1.54, 1.807) is 0 Å². The third kappa shape index (κ3) is 3.00. The van der Waals surface area contributed by atoms with Crippen LogP contribution in [0.3, 0.4) is 0 Å². The molecule has 1 unspecified atom stereocenters. The largest absolute Gasteiger partial charge is 0.300 e. The lowest BCUT2D eigenvalue weighted by atomic mass is 9.93. The maximum atomic E-state index is 8.61. The smallest absolute Gasteiger partial charge is 0.0638 e. The fraction of sp³-hybridized carbons (Fsp3) is 0.909. The van der Waals surface area contributed by atoms with Crippen molar-refractivity contribution in [2.45, 2.75) is 57.5 Å². The van der Waals surface area contributed by atoms with E-state index in [1.165, 1.54) is 32.1 Å². The monoisotopic (exact) mass is 180 g/mol. The first kappa shape index (κ1) is 10.5. The maximum absolute atomic E-state index is 8.61. The molecule has 0 aromatic rings. The van der Waals surface area contributed by atoms with Gasteiger partial charge in [0.05, 0.1) is 12.5 Å². The molecule has 1 fully saturated rings. The Balaban J connectivity index is 2.36. The van der Waals surface area contributed by atoms with Gasteiger partial charge >= 0.3 is 0 Å². The lowest BCUT2D eigenvalue weighted by Gasteiger charge is -2.34. The van der Waals surface area contributed by atoms with E-state index in [1.807, 2.05) is 0 Å². The van der Waals surface area contributed by atoms with Crippen LogP contribution in [-0.2, 0) is 0 Å². The van der Waals surface area contributed by atoms with Crippen LogP contribution in [0, 0.1) is 11.3 Å². The van der Waals surface area contributed by atoms with E-state index in [0.717, 1.165) is 6.04 Å². The standard InChI is InChI=1S/C11H20N2/c1-10(8-9-12)13(2)11-6-4-3-5-7-11/h10-11H,3-8H2,1-2H3. The quantitative estimate of drug-likeness (QED) is 0.667. The van der Waals surface area contributed by atoms with Gasteiger partial charge in [-0.1, -0.05) is 19.3 Å². The summed E-state index contributed by atoms with van der Waals surface area (Å²) in [6.07, 6.45) is 7.45. The zero-order chi connectivity index (χ0) is 9.68. The van der Waals surface area contributed by atoms with Crippen molar-refractivity contribution in [1.29, 1.82) is 5.26 Å². The summed E-state index contributed by atoms with van der Waals surface area (Å²) in [5.74, 6) is 0. The van der Waals surface area contributed by atoms with Gasteiger partial charge in [0.25, 0.3) is 0 Å². The zero-order valence-electron chi connectivity index (χ0n) is 8.79. The molecule has 0 bridgehead atoms. The first-order chi connectivity index (χ1) is 6.25. The summed E-state index contributed by atoms with van der Waals surface area (Å²) >= 11 is 0. The second-order valence-corrected chi connectivity index (χ2v) is 4.17. The third-order valence-corrected chi connectivity index (χ3v) is 3.23. The van der Waals surface area contributed by atoms with Gasteiger partial charge in [-0.2, -0.15) is 5.26 Å². The van der Waals surface area contributed by atoms with Gasteiger partial charge in [-0.3, -0.25) is 4.90 Å². The Morgan fingerprint density at radius 2 is 2.00 bits per heavy atom. The molecule has 1 atom stereocenters. The molecule has 13 heavy (non-hydrogen) atoms. The molecule has 0 aromatic heterocycles. The molecular formula is C11H20N2. The number of nitriles is 1. The van der Waals surface area contributed by atoms with Gasteiger partial charge in [0.2, 0.25) is 0 Å². The summed E-state index contributed by atoms with van der Waals surface area (Å²) in [6.45, 7) is 2.15. The van der Waals surface area contributed by atoms with Crippen LogP contribution in [0.2, 0.25) is 0 Å². The van der Waals surface area contributed by atoms with Crippen molar-refractivity contribution in [1.82, 2.24) is 4.90 Å². The molecule has 0 N–H and O–H groups in total. The molecule has 1 aliphatic carbocycles. The van der Waals surface area contributed by atoms with E-state index < -0.39 is 0 Å². The van der Waals surface area contributed by atoms with E-state index in [2.05, 4.69) is 24.9 Å². The summed E-state index contributed by atoms with van der Waals surface area (Å²) in [6, 6.07) is 3.40. The first-order valence-electron chi connectivity index (χ1n) is 5.34. The molecule has 2 nitrogen and oxygen atoms in total. The van der Waals surface area contributed by atoms with E-state index in [0.29, 0.717) is 12.5 Å². The summed E-state index contributed by atoms with van der Waals surface area (Å²) in [7, 11) is 2.16. The summed E-state index contributed by atoms with van der Waals surface area (Å²) in [4.78, 5) is 2.39. The highest BCUT2D eigenvalue weighted by atomic mass is 15.2. The van der Waals surface area contributed by atoms with Crippen LogP contribution in [0.25, 0.3) is 0 Å². The van der Waals surface area contributed by atoms with E-state index in [9.17, 15) is 0 Å². The predicted octanol–water partition coefficient (Wildman–Crippen LogP) is 2.55. The molecule has 0 amide bonds. The Bertz CT molecular complexity index is 177. The van der Waals surface area contributed by atoms with Gasteiger partial charge in [-0.15, -0.1) is 0 Å². The fourth-order valence-corrected chi connectivity index (χ4v) is 2.12. The highest BCUT2D eigenvalue weighted by Gasteiger charge is 2.21. The van der Waals surface area contributed by atoms with Gasteiger partial charge in [0.15, 0.2) is 0 Å². The molecule has 2 heteroatoms. The molecule has 1 saturated carbocycles. The Hall–Kier alpha value is -0.550. The van der Waals surface area contributed by atoms with Gasteiger partial charge in [0.1, 0.15) is 0 Å². The van der Waals surface area contributed by atoms with Gasteiger partial charge in [-0.05, 0) is 26.8 Å². The molecule has 0 aromatic carbocycles. The van der Waals surface area contributed by atoms with E-state index in [4.69, 9.17) is 5.26 Å². The van der Waals surface area contributed by atoms with Crippen molar-refractivity contribution in [3.05, 3.63) is 0 Å². The SMILES string of the molecule is CC(CC#N)N(C)C1CCCCC1. The lowest BCUT2D eigenvalue weighted by Crippen LogP contribution is -2.39. The number of hydrogen-bond acceptors (Lipinski definition) is 2. The van der Waals surface area contributed by atoms with Crippen molar-refractivity contribution in [3.63, 3.8) is 0 Å². The normalized spacial score (nSPS) is 21.4. The number of rotatable bonds is 3. The minimum absolute atomic E-state index is 0.424. The van der Waals surface area contributed by atoms with Crippen molar-refractivity contribution < 1.29 is 0 Å². The summed E-state index contributed by atoms with van der Waals surface area (Å²) in [5, 5.41) is 8.61. The average Bonchev–Trinajstić information content (AvgIpc) is 2.18. The molecular weight excluding hydrogens is 160 g/mol. The highest BCUT2D eigenvalue weighted by molar-refractivity contribution is 4.83. The summed E-state index contributed by atoms with van der Waals surface area (Å²) in [5.41, 5.74) is 0. The Morgan fingerprint density at radius 3 is 2.54 bits per heavy atom. The van der Waals surface area contributed by atoms with Gasteiger partial charge < -0.3 is 0 Å². The molecule has 0 saturated heterocycles. The molecule has 0 radical (unpaired) electrons. The summed E-state index contributed by atoms with van der Waals surface area (Å²) < 4.78 is 0. The average molecular weight is 180 g/mol. The van der Waals surface area contributed by atoms with Crippen LogP contribution in [0.15, 0.2) is 0 Å². The van der Waals surface area contributed by atoms with Crippen LogP contribution in [0.1, 0.15) is 45.4 Å². The second kappa shape index (κ2) is 5.24. The maximum Gasteiger partial charge on any atom is 0.0638 e. The van der Waals surface area contributed by atoms with Crippen molar-refractivity contribution in [3.8, 4) is 6.07 Å². The van der Waals surface area contributed by atoms with Crippen LogP contribution < -0.4 is 0 Å². The van der Waals surface area contributed by atoms with Gasteiger partial charge in [-0.25, -0.2) is 0 Å². The minimum atomic E-state index is 0.424. The number of nitrogens with zero attached hydrogens (tertiary/aromatic N) is 2. The van der Waals surface area contributed by atoms with E-state index in [-0.39, 0.29) is 0 Å². The lowest BCUT2D eigenvalue weighted by molar-refractivity contribution is 0.148. The van der Waals surface area contributed by atoms with E-state index >= 15 is 0 Å². The molecule has 0 aliphatic heterocycles. The van der Waals surface area contributed by atoms with Crippen molar-refractivity contribution in [2.75, 3.05) is 7.05 Å². The Morgan fingerprint density at radius 1 is 1.38 bits per heavy atom. The Kier molecular flexibility index (Phi) is 4.24. The highest BCUT2D eigenvalue weighted by Crippen LogP contribution is 2.23. The van der Waals surface area contributed by atoms with Crippen LogP contribution in [0.4, 0.5) is 0 Å². The minimum Gasteiger partial charge on any atom is -0.300 e. The second-order valence-electron chi connectivity index (χ2n) is 4.17. The topological polar surface area (TPSA) is 27.0 Å². The first-order valence-corrected chi connectivity index (χ1v) is 5.34. The van der Waals surface area contributed by atoms with Crippen molar-refractivity contribution >= 4 is 0 Å². The molecule has 74 valence electrons. The third-order valence-electron chi connectivity index (χ3n) is 3.23. The van der Waals surface area contributed by atoms with Crippen LogP contribution >= 0.6 is 0 Å². The molecule has 0 spiro atoms. The fourth-order valence-electron chi connectivity index (χ4n) is 2.12. The zero-order valence-corrected chi connectivity index (χ0v) is 8.79. The van der Waals surface area contributed by atoms with Gasteiger partial charge in [0, 0.05) is 12.1 Å². The van der Waals surface area contributed by atoms with Crippen LogP contribution in [-0.4, -0.2) is 24.0 Å². The predicted molar refractivity (Wildman–Crippen MR) is 54.3 cm³/mol. The van der Waals surface area contributed by atoms with Crippen LogP contribution in [0.5, 0.6) is 0 Å². The van der Waals surface area contributed by atoms with Crippen molar-refractivity contribution in [2.24, 2.45) is 0 Å². The molecule has 0 heterocycles. The Labute approximate surface area is 81.5 Å². The number of hydrogen-bond donors (Lipinski definition) is 0. The molecule has 1 aliphatic rings.